The first-order valence-electron chi connectivity index (χ1n) is 5.50. The highest BCUT2D eigenvalue weighted by molar-refractivity contribution is 5.90. The maximum absolute atomic E-state index is 11.5. The van der Waals surface area contributed by atoms with Gasteiger partial charge in [-0.3, -0.25) is 0 Å². The van der Waals surface area contributed by atoms with E-state index in [0.717, 1.165) is 11.1 Å². The molecule has 0 heterocycles. The number of hydrogen-bond acceptors (Lipinski definition) is 3. The zero-order valence-corrected chi connectivity index (χ0v) is 10.2. The lowest BCUT2D eigenvalue weighted by Crippen LogP contribution is -2.05. The van der Waals surface area contributed by atoms with Crippen molar-refractivity contribution in [1.29, 1.82) is 0 Å². The van der Waals surface area contributed by atoms with E-state index in [4.69, 9.17) is 4.74 Å². The molecule has 0 atom stereocenters. The Labute approximate surface area is 101 Å². The summed E-state index contributed by atoms with van der Waals surface area (Å²) in [6, 6.07) is 5.89. The molecule has 17 heavy (non-hydrogen) atoms. The molecule has 0 saturated carbocycles. The van der Waals surface area contributed by atoms with Crippen LogP contribution in [-0.2, 0) is 17.6 Å². The molecule has 0 aromatic heterocycles. The van der Waals surface area contributed by atoms with Gasteiger partial charge in [0, 0.05) is 5.01 Å². The summed E-state index contributed by atoms with van der Waals surface area (Å²) in [5, 5.41) is 13.0. The fraction of sp³-hybridized carbons (Fsp3) is 0.385. The fourth-order valence-corrected chi connectivity index (χ4v) is 1.75. The molecule has 0 amide bonds. The predicted octanol–water partition coefficient (Wildman–Crippen LogP) is 2.78. The van der Waals surface area contributed by atoms with Crippen LogP contribution in [0.5, 0.6) is 0 Å². The lowest BCUT2D eigenvalue weighted by molar-refractivity contribution is 0.0600. The molecule has 4 heteroatoms. The van der Waals surface area contributed by atoms with Gasteiger partial charge in [0.2, 0.25) is 0 Å². The second-order valence-corrected chi connectivity index (χ2v) is 3.57. The smallest absolute Gasteiger partial charge is 0.337 e. The van der Waals surface area contributed by atoms with Crippen LogP contribution in [0.15, 0.2) is 12.1 Å². The summed E-state index contributed by atoms with van der Waals surface area (Å²) >= 11 is 0. The molecule has 0 unspecified atom stereocenters. The third-order valence-corrected chi connectivity index (χ3v) is 2.64. The lowest BCUT2D eigenvalue weighted by atomic mass is 9.95. The summed E-state index contributed by atoms with van der Waals surface area (Å²) in [5.74, 6) is -0.375. The number of hydrogen-bond donors (Lipinski definition) is 0. The van der Waals surface area contributed by atoms with Gasteiger partial charge in [-0.15, -0.1) is 0 Å². The van der Waals surface area contributed by atoms with Gasteiger partial charge in [0.25, 0.3) is 0 Å². The number of esters is 1. The minimum absolute atomic E-state index is 0.375. The highest BCUT2D eigenvalue weighted by atomic mass is 16.5. The van der Waals surface area contributed by atoms with E-state index in [1.807, 2.05) is 13.8 Å². The van der Waals surface area contributed by atoms with Gasteiger partial charge in [0.1, 0.15) is 5.56 Å². The summed E-state index contributed by atoms with van der Waals surface area (Å²) < 4.78 is 4.69. The van der Waals surface area contributed by atoms with Crippen molar-refractivity contribution in [3.05, 3.63) is 44.6 Å². The molecule has 0 spiro atoms. The van der Waals surface area contributed by atoms with Crippen LogP contribution in [0, 0.1) is 11.3 Å². The van der Waals surface area contributed by atoms with Crippen LogP contribution in [-0.4, -0.2) is 13.1 Å². The molecule has 90 valence electrons. The first-order chi connectivity index (χ1) is 8.17. The molecule has 0 bridgehead atoms. The fourth-order valence-electron chi connectivity index (χ4n) is 1.75. The third kappa shape index (κ3) is 2.76. The topological polar surface area (TPSA) is 53.7 Å². The molecular weight excluding hydrogens is 218 g/mol. The quantitative estimate of drug-likeness (QED) is 0.595. The average Bonchev–Trinajstić information content (AvgIpc) is 2.38. The zero-order chi connectivity index (χ0) is 12.8. The number of carbonyl (C=O) groups excluding carboxylic acids is 1. The molecule has 0 aliphatic rings. The van der Waals surface area contributed by atoms with Crippen LogP contribution in [0.4, 0.5) is 0 Å². The molecule has 1 rings (SSSR count). The Morgan fingerprint density at radius 1 is 1.35 bits per heavy atom. The van der Waals surface area contributed by atoms with E-state index in [2.05, 4.69) is 11.1 Å². The van der Waals surface area contributed by atoms with Crippen LogP contribution in [0.3, 0.4) is 0 Å². The van der Waals surface area contributed by atoms with Gasteiger partial charge in [-0.1, -0.05) is 13.8 Å². The van der Waals surface area contributed by atoms with Crippen molar-refractivity contribution >= 4 is 5.97 Å². The highest BCUT2D eigenvalue weighted by Gasteiger charge is 2.15. The predicted molar refractivity (Wildman–Crippen MR) is 66.3 cm³/mol. The minimum Gasteiger partial charge on any atom is -0.498 e. The standard InChI is InChI=1S/C13H15NO3/c1-4-9-6-11(13(15)17-3)7-10(5-2)12(9)8-14-16/h6-7H,4-5H2,1-3H3. The Hall–Kier alpha value is -2.02. The maximum atomic E-state index is 11.5. The molecule has 4 nitrogen and oxygen atoms in total. The summed E-state index contributed by atoms with van der Waals surface area (Å²) in [5.41, 5.74) is 2.95. The first kappa shape index (κ1) is 13.0. The van der Waals surface area contributed by atoms with Crippen LogP contribution in [0.25, 0.3) is 5.01 Å². The summed E-state index contributed by atoms with van der Waals surface area (Å²) in [6.07, 6.45) is 1.41. The van der Waals surface area contributed by atoms with Crippen LogP contribution in [0.2, 0.25) is 0 Å². The van der Waals surface area contributed by atoms with Gasteiger partial charge in [0.05, 0.1) is 12.7 Å². The second kappa shape index (κ2) is 5.90. The Kier molecular flexibility index (Phi) is 4.53. The van der Waals surface area contributed by atoms with E-state index >= 15 is 0 Å². The molecule has 0 aliphatic carbocycles. The Bertz CT molecular complexity index is 458. The molecule has 0 saturated heterocycles. The minimum atomic E-state index is -0.375. The van der Waals surface area contributed by atoms with Crippen molar-refractivity contribution < 1.29 is 9.53 Å². The molecule has 0 fully saturated rings. The number of benzene rings is 1. The van der Waals surface area contributed by atoms with Crippen molar-refractivity contribution in [2.24, 2.45) is 0 Å². The van der Waals surface area contributed by atoms with E-state index in [0.29, 0.717) is 24.0 Å². The normalized spacial score (nSPS) is 9.35. The molecule has 1 aromatic carbocycles. The van der Waals surface area contributed by atoms with E-state index in [-0.39, 0.29) is 5.97 Å². The Morgan fingerprint density at radius 2 is 1.88 bits per heavy atom. The van der Waals surface area contributed by atoms with E-state index in [1.54, 1.807) is 12.1 Å². The zero-order valence-electron chi connectivity index (χ0n) is 10.2. The van der Waals surface area contributed by atoms with Crippen molar-refractivity contribution in [2.45, 2.75) is 26.7 Å². The van der Waals surface area contributed by atoms with E-state index < -0.39 is 0 Å². The Balaban J connectivity index is 3.42. The summed E-state index contributed by atoms with van der Waals surface area (Å²) in [4.78, 5) is 11.5. The molecule has 0 N–H and O–H groups in total. The summed E-state index contributed by atoms with van der Waals surface area (Å²) in [7, 11) is 1.35. The number of aryl methyl sites for hydroxylation is 2. The number of methoxy groups -OCH3 is 1. The number of carbonyl (C=O) groups is 1. The van der Waals surface area contributed by atoms with Crippen LogP contribution in [0.1, 0.15) is 40.9 Å². The number of ether oxygens (including phenoxy) is 1. The number of rotatable bonds is 3. The molecule has 0 radical (unpaired) electrons. The van der Waals surface area contributed by atoms with Gasteiger partial charge >= 0.3 is 12.0 Å². The molecule has 0 aliphatic heterocycles. The second-order valence-electron chi connectivity index (χ2n) is 3.57. The lowest BCUT2D eigenvalue weighted by Gasteiger charge is -2.08. The summed E-state index contributed by atoms with van der Waals surface area (Å²) in [6.45, 7) is 3.90. The van der Waals surface area contributed by atoms with Crippen molar-refractivity contribution in [1.82, 2.24) is 0 Å². The van der Waals surface area contributed by atoms with E-state index in [9.17, 15) is 10.0 Å². The van der Waals surface area contributed by atoms with Gasteiger partial charge in [0.15, 0.2) is 0 Å². The van der Waals surface area contributed by atoms with Crippen molar-refractivity contribution in [3.8, 4) is 6.07 Å². The van der Waals surface area contributed by atoms with Gasteiger partial charge in [-0.05, 0) is 36.1 Å². The largest absolute Gasteiger partial charge is 0.498 e. The maximum Gasteiger partial charge on any atom is 0.337 e. The SMILES string of the molecule is CCc1cc(C(=O)OC)cc(CC)c1C#[N+][O-]. The molecular formula is C13H15NO3. The number of nitrogens with zero attached hydrogens (tertiary/aromatic N) is 1. The van der Waals surface area contributed by atoms with Gasteiger partial charge in [-0.2, -0.15) is 0 Å². The van der Waals surface area contributed by atoms with Gasteiger partial charge < -0.3 is 9.94 Å². The van der Waals surface area contributed by atoms with Gasteiger partial charge in [-0.25, -0.2) is 4.79 Å². The highest BCUT2D eigenvalue weighted by Crippen LogP contribution is 2.19. The average molecular weight is 233 g/mol. The van der Waals surface area contributed by atoms with E-state index in [1.165, 1.54) is 7.11 Å². The van der Waals surface area contributed by atoms with Crippen molar-refractivity contribution in [2.75, 3.05) is 7.11 Å². The first-order valence-corrected chi connectivity index (χ1v) is 5.50. The van der Waals surface area contributed by atoms with Crippen LogP contribution >= 0.6 is 0 Å². The molecule has 1 aromatic rings. The third-order valence-electron chi connectivity index (χ3n) is 2.64. The van der Waals surface area contributed by atoms with Crippen LogP contribution < -0.4 is 0 Å². The van der Waals surface area contributed by atoms with Crippen molar-refractivity contribution in [3.63, 3.8) is 0 Å². The monoisotopic (exact) mass is 233 g/mol. The Morgan fingerprint density at radius 3 is 2.24 bits per heavy atom.